The van der Waals surface area contributed by atoms with Gasteiger partial charge in [0.05, 0.1) is 34.7 Å². The minimum Gasteiger partial charge on any atom is -0.457 e. The molecule has 0 saturated carbocycles. The zero-order valence-corrected chi connectivity index (χ0v) is 21.5. The number of hydrogen-bond donors (Lipinski definition) is 2. The van der Waals surface area contributed by atoms with Crippen LogP contribution in [-0.4, -0.2) is 45.3 Å². The van der Waals surface area contributed by atoms with Gasteiger partial charge < -0.3 is 14.9 Å². The molecule has 2 heterocycles. The topological polar surface area (TPSA) is 96.7 Å². The van der Waals surface area contributed by atoms with Crippen LogP contribution in [0, 0.1) is 24.2 Å². The molecule has 1 aliphatic heterocycles. The number of ketones is 1. The van der Waals surface area contributed by atoms with Gasteiger partial charge in [-0.15, -0.1) is 11.3 Å². The Kier molecular flexibility index (Phi) is 10.0. The lowest BCUT2D eigenvalue weighted by Crippen LogP contribution is -2.45. The normalized spacial score (nSPS) is 31.8. The van der Waals surface area contributed by atoms with E-state index in [0.29, 0.717) is 6.42 Å². The fourth-order valence-electron chi connectivity index (χ4n) is 4.18. The largest absolute Gasteiger partial charge is 0.457 e. The van der Waals surface area contributed by atoms with Crippen LogP contribution < -0.4 is 0 Å². The summed E-state index contributed by atoms with van der Waals surface area (Å²) in [4.78, 5) is 30.3. The summed E-state index contributed by atoms with van der Waals surface area (Å²) in [5.41, 5.74) is 0.513. The van der Waals surface area contributed by atoms with Crippen molar-refractivity contribution >= 4 is 29.2 Å². The molecule has 184 valence electrons. The second-order valence-corrected chi connectivity index (χ2v) is 10.9. The Morgan fingerprint density at radius 2 is 1.94 bits per heavy atom. The van der Waals surface area contributed by atoms with Crippen molar-refractivity contribution in [2.24, 2.45) is 17.3 Å². The highest BCUT2D eigenvalue weighted by molar-refractivity contribution is 7.09. The van der Waals surface area contributed by atoms with Crippen LogP contribution in [0.15, 0.2) is 23.1 Å². The second kappa shape index (κ2) is 12.0. The molecular formula is C26H39NO5S. The van der Waals surface area contributed by atoms with E-state index in [1.165, 1.54) is 0 Å². The molecule has 0 fully saturated rings. The molecule has 2 N–H and O–H groups in total. The van der Waals surface area contributed by atoms with Gasteiger partial charge in [0.25, 0.3) is 0 Å². The monoisotopic (exact) mass is 477 g/mol. The van der Waals surface area contributed by atoms with Crippen LogP contribution in [0.25, 0.3) is 6.08 Å². The number of aliphatic hydroxyl groups excluding tert-OH is 2. The Hall–Kier alpha value is -1.83. The van der Waals surface area contributed by atoms with E-state index in [9.17, 15) is 19.8 Å². The predicted octanol–water partition coefficient (Wildman–Crippen LogP) is 4.88. The van der Waals surface area contributed by atoms with Crippen LogP contribution in [0.3, 0.4) is 0 Å². The van der Waals surface area contributed by atoms with Gasteiger partial charge >= 0.3 is 5.97 Å². The van der Waals surface area contributed by atoms with Crippen molar-refractivity contribution in [1.29, 1.82) is 0 Å². The maximum Gasteiger partial charge on any atom is 0.309 e. The van der Waals surface area contributed by atoms with Crippen LogP contribution in [0.1, 0.15) is 77.4 Å². The third kappa shape index (κ3) is 7.59. The van der Waals surface area contributed by atoms with Crippen LogP contribution >= 0.6 is 11.3 Å². The Morgan fingerprint density at radius 3 is 2.58 bits per heavy atom. The van der Waals surface area contributed by atoms with Crippen molar-refractivity contribution in [3.63, 3.8) is 0 Å². The molecule has 5 atom stereocenters. The molecule has 1 aliphatic rings. The zero-order chi connectivity index (χ0) is 24.8. The Morgan fingerprint density at radius 1 is 1.24 bits per heavy atom. The SMILES string of the molecule is C/C(=C\c1csc(C)n1)[C@H]1C/C=C\CCC[C@H](C)[C@H](O)[C@@H](C)C(=O)C(C)(C)[C@@H](O)CC(=O)O1. The first-order valence-corrected chi connectivity index (χ1v) is 12.7. The number of ether oxygens (including phenoxy) is 1. The van der Waals surface area contributed by atoms with Gasteiger partial charge in [-0.3, -0.25) is 9.59 Å². The van der Waals surface area contributed by atoms with Gasteiger partial charge in [-0.25, -0.2) is 4.98 Å². The van der Waals surface area contributed by atoms with Gasteiger partial charge in [0.15, 0.2) is 0 Å². The standard InChI is InChI=1S/C26H39NO5S/c1-16-11-9-7-8-10-12-21(17(2)13-20-15-33-19(4)27-20)32-23(29)14-22(28)26(5,6)25(31)18(3)24(16)30/h8,10,13,15-16,18,21-22,24,28,30H,7,9,11-12,14H2,1-6H3/b10-8-,17-13+/t16-,18+,21+,22-,24-/m0/s1. The second-order valence-electron chi connectivity index (χ2n) is 9.86. The zero-order valence-electron chi connectivity index (χ0n) is 20.7. The summed E-state index contributed by atoms with van der Waals surface area (Å²) in [5.74, 6) is -1.48. The summed E-state index contributed by atoms with van der Waals surface area (Å²) in [6.45, 7) is 10.8. The molecule has 0 unspecified atom stereocenters. The number of carbonyl (C=O) groups is 2. The summed E-state index contributed by atoms with van der Waals surface area (Å²) >= 11 is 1.56. The Balaban J connectivity index is 2.27. The molecule has 0 bridgehead atoms. The molecule has 1 aromatic rings. The third-order valence-electron chi connectivity index (χ3n) is 6.68. The number of aliphatic hydroxyl groups is 2. The number of hydrogen-bond acceptors (Lipinski definition) is 7. The third-order valence-corrected chi connectivity index (χ3v) is 7.47. The summed E-state index contributed by atoms with van der Waals surface area (Å²) in [6, 6.07) is 0. The van der Waals surface area contributed by atoms with Crippen LogP contribution in [-0.2, 0) is 14.3 Å². The first-order chi connectivity index (χ1) is 15.4. The number of Topliss-reactive ketones (excluding diaryl/α,β-unsaturated/α-hetero) is 1. The van der Waals surface area contributed by atoms with E-state index in [-0.39, 0.29) is 18.1 Å². The van der Waals surface area contributed by atoms with E-state index in [0.717, 1.165) is 35.5 Å². The number of carbonyl (C=O) groups excluding carboxylic acids is 2. The molecule has 1 aromatic heterocycles. The van der Waals surface area contributed by atoms with E-state index >= 15 is 0 Å². The Labute approximate surface area is 201 Å². The highest BCUT2D eigenvalue weighted by Crippen LogP contribution is 2.32. The van der Waals surface area contributed by atoms with Crippen LogP contribution in [0.5, 0.6) is 0 Å². The number of thiazole rings is 1. The fraction of sp³-hybridized carbons (Fsp3) is 0.654. The lowest BCUT2D eigenvalue weighted by molar-refractivity contribution is -0.154. The highest BCUT2D eigenvalue weighted by atomic mass is 32.1. The smallest absolute Gasteiger partial charge is 0.309 e. The molecule has 6 nitrogen and oxygen atoms in total. The molecule has 0 spiro atoms. The van der Waals surface area contributed by atoms with E-state index in [1.54, 1.807) is 32.1 Å². The molecule has 0 saturated heterocycles. The lowest BCUT2D eigenvalue weighted by Gasteiger charge is -2.34. The fourth-order valence-corrected chi connectivity index (χ4v) is 4.75. The van der Waals surface area contributed by atoms with Gasteiger partial charge in [0.1, 0.15) is 11.9 Å². The van der Waals surface area contributed by atoms with Crippen molar-refractivity contribution in [2.75, 3.05) is 0 Å². The predicted molar refractivity (Wildman–Crippen MR) is 132 cm³/mol. The number of esters is 1. The number of rotatable bonds is 2. The molecule has 0 aromatic carbocycles. The van der Waals surface area contributed by atoms with Crippen molar-refractivity contribution in [3.05, 3.63) is 33.8 Å². The molecule has 33 heavy (non-hydrogen) atoms. The minimum atomic E-state index is -1.21. The number of aromatic nitrogens is 1. The number of allylic oxidation sites excluding steroid dienone is 1. The maximum absolute atomic E-state index is 13.1. The van der Waals surface area contributed by atoms with E-state index < -0.39 is 35.6 Å². The quantitative estimate of drug-likeness (QED) is 0.466. The maximum atomic E-state index is 13.1. The van der Waals surface area contributed by atoms with Crippen molar-refractivity contribution < 1.29 is 24.5 Å². The van der Waals surface area contributed by atoms with Crippen LogP contribution in [0.4, 0.5) is 0 Å². The number of cyclic esters (lactones) is 1. The first-order valence-electron chi connectivity index (χ1n) is 11.8. The number of aryl methyl sites for hydroxylation is 1. The van der Waals surface area contributed by atoms with Gasteiger partial charge in [0, 0.05) is 17.7 Å². The average Bonchev–Trinajstić information content (AvgIpc) is 3.16. The van der Waals surface area contributed by atoms with E-state index in [2.05, 4.69) is 11.1 Å². The van der Waals surface area contributed by atoms with Crippen molar-refractivity contribution in [1.82, 2.24) is 4.98 Å². The summed E-state index contributed by atoms with van der Waals surface area (Å²) in [6.07, 6.45) is 6.28. The average molecular weight is 478 g/mol. The van der Waals surface area contributed by atoms with Crippen molar-refractivity contribution in [2.45, 2.75) is 92.0 Å². The molecule has 0 amide bonds. The van der Waals surface area contributed by atoms with E-state index in [1.807, 2.05) is 38.3 Å². The molecule has 7 heteroatoms. The minimum absolute atomic E-state index is 0.0392. The highest BCUT2D eigenvalue weighted by Gasteiger charge is 2.42. The number of nitrogens with zero attached hydrogens (tertiary/aromatic N) is 1. The lowest BCUT2D eigenvalue weighted by atomic mass is 9.73. The molecule has 0 aliphatic carbocycles. The van der Waals surface area contributed by atoms with Gasteiger partial charge in [-0.1, -0.05) is 39.8 Å². The van der Waals surface area contributed by atoms with Gasteiger partial charge in [-0.2, -0.15) is 0 Å². The molecule has 0 radical (unpaired) electrons. The molecule has 2 rings (SSSR count). The van der Waals surface area contributed by atoms with E-state index in [4.69, 9.17) is 4.74 Å². The summed E-state index contributed by atoms with van der Waals surface area (Å²) < 4.78 is 5.75. The molecular weight excluding hydrogens is 438 g/mol. The Bertz CT molecular complexity index is 872. The summed E-state index contributed by atoms with van der Waals surface area (Å²) in [7, 11) is 0. The first kappa shape index (κ1) is 27.4. The van der Waals surface area contributed by atoms with Gasteiger partial charge in [-0.05, 0) is 50.7 Å². The van der Waals surface area contributed by atoms with Crippen LogP contribution in [0.2, 0.25) is 0 Å². The van der Waals surface area contributed by atoms with Gasteiger partial charge in [0.2, 0.25) is 0 Å². The van der Waals surface area contributed by atoms with Crippen molar-refractivity contribution in [3.8, 4) is 0 Å². The summed E-state index contributed by atoms with van der Waals surface area (Å²) in [5, 5.41) is 24.4.